The molecule has 0 atom stereocenters. The fraction of sp³-hybridized carbons (Fsp3) is 0. The van der Waals surface area contributed by atoms with Gasteiger partial charge in [-0.2, -0.15) is 0 Å². The number of hydrogen-bond donors (Lipinski definition) is 0. The Bertz CT molecular complexity index is 3270. The van der Waals surface area contributed by atoms with Crippen LogP contribution in [0.1, 0.15) is 0 Å². The smallest absolute Gasteiger partial charge is 0.139 e. The standard InChI is InChI=1S/C58H40N2O/c1-5-16-41(17-6-1)43-28-32-51(33-29-43)59(49-24-9-3-10-25-49)53-39-55(58-54-37-47-20-13-14-21-48(47)38-56(54)61-57(58)40-53)60(50-26-11-4-12-27-50)52-34-30-44(31-35-52)46-23-15-22-45(36-46)42-18-7-2-8-19-42/h1-40H. The molecule has 288 valence electrons. The highest BCUT2D eigenvalue weighted by atomic mass is 16.3. The van der Waals surface area contributed by atoms with Gasteiger partial charge >= 0.3 is 0 Å². The maximum absolute atomic E-state index is 6.93. The third-order valence-electron chi connectivity index (χ3n) is 11.6. The number of fused-ring (bicyclic) bond motifs is 4. The molecule has 11 aromatic rings. The summed E-state index contributed by atoms with van der Waals surface area (Å²) in [5, 5.41) is 4.45. The van der Waals surface area contributed by atoms with E-state index in [2.05, 4.69) is 252 Å². The first-order chi connectivity index (χ1) is 30.2. The maximum atomic E-state index is 6.93. The largest absolute Gasteiger partial charge is 0.456 e. The minimum atomic E-state index is 0.815. The van der Waals surface area contributed by atoms with Crippen LogP contribution in [0.4, 0.5) is 34.1 Å². The molecule has 3 heteroatoms. The van der Waals surface area contributed by atoms with Crippen LogP contribution in [-0.4, -0.2) is 0 Å². The predicted octanol–water partition coefficient (Wildman–Crippen LogP) is 16.7. The van der Waals surface area contributed by atoms with Crippen LogP contribution in [0.3, 0.4) is 0 Å². The van der Waals surface area contributed by atoms with E-state index in [1.807, 2.05) is 0 Å². The van der Waals surface area contributed by atoms with E-state index in [1.54, 1.807) is 0 Å². The van der Waals surface area contributed by atoms with Gasteiger partial charge in [0, 0.05) is 34.2 Å². The molecule has 61 heavy (non-hydrogen) atoms. The summed E-state index contributed by atoms with van der Waals surface area (Å²) in [6.45, 7) is 0. The van der Waals surface area contributed by atoms with Gasteiger partial charge in [-0.1, -0.05) is 164 Å². The van der Waals surface area contributed by atoms with Crippen LogP contribution in [0.25, 0.3) is 66.1 Å². The number of nitrogens with zero attached hydrogens (tertiary/aromatic N) is 2. The molecule has 0 aliphatic rings. The summed E-state index contributed by atoms with van der Waals surface area (Å²) in [5.41, 5.74) is 15.0. The molecule has 0 saturated carbocycles. The molecule has 0 aliphatic carbocycles. The Morgan fingerprint density at radius 2 is 0.689 bits per heavy atom. The normalized spacial score (nSPS) is 11.3. The Morgan fingerprint density at radius 3 is 1.28 bits per heavy atom. The third kappa shape index (κ3) is 6.88. The quantitative estimate of drug-likeness (QED) is 0.145. The van der Waals surface area contributed by atoms with Crippen molar-refractivity contribution in [3.63, 3.8) is 0 Å². The molecule has 0 fully saturated rings. The molecule has 3 nitrogen and oxygen atoms in total. The highest BCUT2D eigenvalue weighted by Gasteiger charge is 2.24. The van der Waals surface area contributed by atoms with E-state index >= 15 is 0 Å². The molecular weight excluding hydrogens is 741 g/mol. The highest BCUT2D eigenvalue weighted by Crippen LogP contribution is 2.48. The lowest BCUT2D eigenvalue weighted by Gasteiger charge is -2.30. The molecule has 0 spiro atoms. The van der Waals surface area contributed by atoms with Crippen LogP contribution >= 0.6 is 0 Å². The molecule has 0 unspecified atom stereocenters. The van der Waals surface area contributed by atoms with Gasteiger partial charge in [-0.3, -0.25) is 0 Å². The summed E-state index contributed by atoms with van der Waals surface area (Å²) in [5.74, 6) is 0. The Morgan fingerprint density at radius 1 is 0.262 bits per heavy atom. The minimum absolute atomic E-state index is 0.815. The first-order valence-electron chi connectivity index (χ1n) is 20.7. The van der Waals surface area contributed by atoms with Gasteiger partial charge < -0.3 is 14.2 Å². The number of anilines is 6. The van der Waals surface area contributed by atoms with Crippen molar-refractivity contribution in [3.05, 3.63) is 243 Å². The first kappa shape index (κ1) is 36.0. The van der Waals surface area contributed by atoms with Gasteiger partial charge in [0.1, 0.15) is 11.2 Å². The van der Waals surface area contributed by atoms with Crippen LogP contribution in [0.2, 0.25) is 0 Å². The first-order valence-corrected chi connectivity index (χ1v) is 20.7. The topological polar surface area (TPSA) is 19.6 Å². The Balaban J connectivity index is 1.12. The van der Waals surface area contributed by atoms with E-state index in [0.717, 1.165) is 67.0 Å². The van der Waals surface area contributed by atoms with E-state index in [1.165, 1.54) is 33.2 Å². The number of para-hydroxylation sites is 2. The van der Waals surface area contributed by atoms with Gasteiger partial charge in [0.05, 0.1) is 16.8 Å². The second kappa shape index (κ2) is 15.6. The second-order valence-electron chi connectivity index (χ2n) is 15.4. The molecule has 0 amide bonds. The van der Waals surface area contributed by atoms with Crippen molar-refractivity contribution in [3.8, 4) is 33.4 Å². The molecule has 10 aromatic carbocycles. The zero-order valence-electron chi connectivity index (χ0n) is 33.4. The van der Waals surface area contributed by atoms with E-state index in [4.69, 9.17) is 4.42 Å². The average molecular weight is 781 g/mol. The Labute approximate surface area is 355 Å². The minimum Gasteiger partial charge on any atom is -0.456 e. The van der Waals surface area contributed by atoms with E-state index < -0.39 is 0 Å². The summed E-state index contributed by atoms with van der Waals surface area (Å²) in [6.07, 6.45) is 0. The lowest BCUT2D eigenvalue weighted by atomic mass is 9.98. The molecule has 0 aliphatic heterocycles. The van der Waals surface area contributed by atoms with Gasteiger partial charge in [0.25, 0.3) is 0 Å². The van der Waals surface area contributed by atoms with Gasteiger partial charge in [-0.15, -0.1) is 0 Å². The van der Waals surface area contributed by atoms with Crippen LogP contribution in [-0.2, 0) is 0 Å². The molecular formula is C58H40N2O. The van der Waals surface area contributed by atoms with Crippen molar-refractivity contribution in [2.75, 3.05) is 9.80 Å². The van der Waals surface area contributed by atoms with Gasteiger partial charge in [0.2, 0.25) is 0 Å². The van der Waals surface area contributed by atoms with Crippen molar-refractivity contribution < 1.29 is 4.42 Å². The molecule has 0 saturated heterocycles. The van der Waals surface area contributed by atoms with Gasteiger partial charge in [-0.25, -0.2) is 0 Å². The van der Waals surface area contributed by atoms with E-state index in [-0.39, 0.29) is 0 Å². The van der Waals surface area contributed by atoms with Crippen molar-refractivity contribution in [1.29, 1.82) is 0 Å². The lowest BCUT2D eigenvalue weighted by molar-refractivity contribution is 0.669. The summed E-state index contributed by atoms with van der Waals surface area (Å²) >= 11 is 0. The lowest BCUT2D eigenvalue weighted by Crippen LogP contribution is -2.13. The van der Waals surface area contributed by atoms with Crippen molar-refractivity contribution in [2.24, 2.45) is 0 Å². The fourth-order valence-electron chi connectivity index (χ4n) is 8.63. The zero-order chi connectivity index (χ0) is 40.5. The number of rotatable bonds is 9. The second-order valence-corrected chi connectivity index (χ2v) is 15.4. The zero-order valence-corrected chi connectivity index (χ0v) is 33.4. The van der Waals surface area contributed by atoms with Crippen molar-refractivity contribution in [2.45, 2.75) is 0 Å². The van der Waals surface area contributed by atoms with E-state index in [0.29, 0.717) is 0 Å². The molecule has 1 aromatic heterocycles. The molecule has 0 N–H and O–H groups in total. The number of furan rings is 1. The van der Waals surface area contributed by atoms with Crippen molar-refractivity contribution in [1.82, 2.24) is 0 Å². The highest BCUT2D eigenvalue weighted by molar-refractivity contribution is 6.17. The monoisotopic (exact) mass is 780 g/mol. The van der Waals surface area contributed by atoms with Gasteiger partial charge in [-0.05, 0) is 117 Å². The van der Waals surface area contributed by atoms with E-state index in [9.17, 15) is 0 Å². The molecule has 11 rings (SSSR count). The Hall–Kier alpha value is -8.14. The fourth-order valence-corrected chi connectivity index (χ4v) is 8.63. The summed E-state index contributed by atoms with van der Waals surface area (Å²) in [4.78, 5) is 4.70. The third-order valence-corrected chi connectivity index (χ3v) is 11.6. The Kier molecular flexibility index (Phi) is 9.18. The van der Waals surface area contributed by atoms with Crippen LogP contribution in [0.15, 0.2) is 247 Å². The molecule has 1 heterocycles. The van der Waals surface area contributed by atoms with Crippen molar-refractivity contribution >= 4 is 66.8 Å². The SMILES string of the molecule is c1ccc(-c2ccc(N(c3ccccc3)c3cc(N(c4ccccc4)c4ccc(-c5cccc(-c6ccccc6)c5)cc4)c4c(c3)oc3cc5ccccc5cc34)cc2)cc1. The number of hydrogen-bond acceptors (Lipinski definition) is 3. The van der Waals surface area contributed by atoms with Crippen LogP contribution < -0.4 is 9.80 Å². The predicted molar refractivity (Wildman–Crippen MR) is 257 cm³/mol. The van der Waals surface area contributed by atoms with Crippen LogP contribution in [0.5, 0.6) is 0 Å². The summed E-state index contributed by atoms with van der Waals surface area (Å²) < 4.78 is 6.93. The number of benzene rings is 10. The van der Waals surface area contributed by atoms with Gasteiger partial charge in [0.15, 0.2) is 0 Å². The summed E-state index contributed by atoms with van der Waals surface area (Å²) in [6, 6.07) is 86.5. The average Bonchev–Trinajstić information content (AvgIpc) is 3.70. The molecule has 0 radical (unpaired) electrons. The summed E-state index contributed by atoms with van der Waals surface area (Å²) in [7, 11) is 0. The van der Waals surface area contributed by atoms with Crippen LogP contribution in [0, 0.1) is 0 Å². The maximum Gasteiger partial charge on any atom is 0.139 e. The molecule has 0 bridgehead atoms.